The minimum absolute atomic E-state index is 0.0738. The summed E-state index contributed by atoms with van der Waals surface area (Å²) in [5, 5.41) is 4.20. The van der Waals surface area contributed by atoms with Crippen LogP contribution in [0.2, 0.25) is 5.02 Å². The number of primary amides is 1. The zero-order valence-corrected chi connectivity index (χ0v) is 18.3. The molecule has 7 nitrogen and oxygen atoms in total. The first kappa shape index (κ1) is 22.0. The number of carbonyl (C=O) groups is 2. The number of fused-ring (bicyclic) bond motifs is 1. The van der Waals surface area contributed by atoms with Gasteiger partial charge in [0.2, 0.25) is 5.91 Å². The van der Waals surface area contributed by atoms with Gasteiger partial charge in [-0.2, -0.15) is 0 Å². The quantitative estimate of drug-likeness (QED) is 0.570. The second-order valence-electron chi connectivity index (χ2n) is 7.96. The second kappa shape index (κ2) is 9.97. The molecule has 1 atom stereocenters. The Kier molecular flexibility index (Phi) is 6.87. The van der Waals surface area contributed by atoms with E-state index < -0.39 is 0 Å². The predicted molar refractivity (Wildman–Crippen MR) is 125 cm³/mol. The Labute approximate surface area is 191 Å². The molecule has 3 N–H and O–H groups in total. The third-order valence-corrected chi connectivity index (χ3v) is 5.92. The van der Waals surface area contributed by atoms with Crippen LogP contribution in [0.1, 0.15) is 18.4 Å². The van der Waals surface area contributed by atoms with Gasteiger partial charge in [-0.15, -0.1) is 0 Å². The van der Waals surface area contributed by atoms with Gasteiger partial charge in [0.1, 0.15) is 11.3 Å². The van der Waals surface area contributed by atoms with Crippen molar-refractivity contribution in [3.8, 4) is 5.75 Å². The molecule has 1 aromatic heterocycles. The molecule has 2 aromatic carbocycles. The van der Waals surface area contributed by atoms with Crippen LogP contribution in [0.25, 0.3) is 10.9 Å². The number of likely N-dealkylation sites (tertiary alicyclic amines) is 1. The van der Waals surface area contributed by atoms with E-state index in [1.807, 2.05) is 30.3 Å². The number of rotatable bonds is 7. The summed E-state index contributed by atoms with van der Waals surface area (Å²) in [6.07, 6.45) is 3.49. The number of pyridine rings is 1. The Hall–Kier alpha value is -3.16. The number of nitrogens with zero attached hydrogens (tertiary/aromatic N) is 2. The summed E-state index contributed by atoms with van der Waals surface area (Å²) in [6.45, 7) is 2.25. The maximum absolute atomic E-state index is 12.4. The number of ether oxygens (including phenoxy) is 1. The number of carbonyl (C=O) groups excluding carboxylic acids is 2. The number of aromatic nitrogens is 1. The molecule has 0 bridgehead atoms. The Balaban J connectivity index is 1.31. The smallest absolute Gasteiger partial charge is 0.262 e. The van der Waals surface area contributed by atoms with Crippen LogP contribution < -0.4 is 15.8 Å². The van der Waals surface area contributed by atoms with E-state index in [1.165, 1.54) is 0 Å². The zero-order valence-electron chi connectivity index (χ0n) is 17.6. The number of nitrogens with one attached hydrogen (secondary N) is 1. The molecule has 2 heterocycles. The molecule has 1 fully saturated rings. The Morgan fingerprint density at radius 3 is 2.78 bits per heavy atom. The standard InChI is InChI=1S/C24H25ClN4O3/c25-20-9-10-21(23-19(20)4-1-11-27-23)32-15-22(30)28-18-7-5-16(6-8-18)13-29-12-2-3-17(14-29)24(26)31/h1,4-11,17H,2-3,12-15H2,(H2,26,31)(H,28,30). The van der Waals surface area contributed by atoms with Gasteiger partial charge in [-0.05, 0) is 61.3 Å². The van der Waals surface area contributed by atoms with Crippen LogP contribution in [0.4, 0.5) is 5.69 Å². The fourth-order valence-corrected chi connectivity index (χ4v) is 4.17. The minimum atomic E-state index is -0.267. The van der Waals surface area contributed by atoms with Crippen LogP contribution in [-0.2, 0) is 16.1 Å². The summed E-state index contributed by atoms with van der Waals surface area (Å²) in [4.78, 5) is 30.4. The van der Waals surface area contributed by atoms with Crippen molar-refractivity contribution in [2.75, 3.05) is 25.0 Å². The van der Waals surface area contributed by atoms with Crippen molar-refractivity contribution in [3.63, 3.8) is 0 Å². The number of nitrogens with two attached hydrogens (primary N) is 1. The van der Waals surface area contributed by atoms with Gasteiger partial charge in [0.15, 0.2) is 6.61 Å². The lowest BCUT2D eigenvalue weighted by molar-refractivity contribution is -0.123. The van der Waals surface area contributed by atoms with E-state index in [0.717, 1.165) is 36.9 Å². The molecule has 1 saturated heterocycles. The van der Waals surface area contributed by atoms with Gasteiger partial charge in [-0.1, -0.05) is 23.7 Å². The van der Waals surface area contributed by atoms with Gasteiger partial charge >= 0.3 is 0 Å². The van der Waals surface area contributed by atoms with Crippen molar-refractivity contribution < 1.29 is 14.3 Å². The van der Waals surface area contributed by atoms with Crippen molar-refractivity contribution in [2.24, 2.45) is 11.7 Å². The molecule has 3 aromatic rings. The van der Waals surface area contributed by atoms with Gasteiger partial charge in [0.05, 0.1) is 10.9 Å². The van der Waals surface area contributed by atoms with Crippen LogP contribution in [0.3, 0.4) is 0 Å². The highest BCUT2D eigenvalue weighted by Gasteiger charge is 2.23. The summed E-state index contributed by atoms with van der Waals surface area (Å²) >= 11 is 6.20. The molecule has 0 spiro atoms. The molecule has 1 aliphatic heterocycles. The highest BCUT2D eigenvalue weighted by Crippen LogP contribution is 2.29. The minimum Gasteiger partial charge on any atom is -0.481 e. The predicted octanol–water partition coefficient (Wildman–Crippen LogP) is 3.60. The molecule has 0 aliphatic carbocycles. The van der Waals surface area contributed by atoms with Crippen LogP contribution >= 0.6 is 11.6 Å². The van der Waals surface area contributed by atoms with Gasteiger partial charge in [0.25, 0.3) is 5.91 Å². The zero-order chi connectivity index (χ0) is 22.5. The topological polar surface area (TPSA) is 97.6 Å². The molecule has 0 saturated carbocycles. The highest BCUT2D eigenvalue weighted by molar-refractivity contribution is 6.35. The molecular weight excluding hydrogens is 428 g/mol. The number of hydrogen-bond acceptors (Lipinski definition) is 5. The van der Waals surface area contributed by atoms with Gasteiger partial charge < -0.3 is 15.8 Å². The molecule has 8 heteroatoms. The maximum Gasteiger partial charge on any atom is 0.262 e. The number of benzene rings is 2. The summed E-state index contributed by atoms with van der Waals surface area (Å²) in [7, 11) is 0. The first-order chi connectivity index (χ1) is 15.5. The second-order valence-corrected chi connectivity index (χ2v) is 8.36. The summed E-state index contributed by atoms with van der Waals surface area (Å²) in [5.41, 5.74) is 7.88. The molecule has 166 valence electrons. The van der Waals surface area contributed by atoms with E-state index >= 15 is 0 Å². The molecule has 4 rings (SSSR count). The lowest BCUT2D eigenvalue weighted by Gasteiger charge is -2.31. The first-order valence-corrected chi connectivity index (χ1v) is 10.9. The van der Waals surface area contributed by atoms with Crippen molar-refractivity contribution in [1.29, 1.82) is 0 Å². The van der Waals surface area contributed by atoms with Crippen LogP contribution in [0, 0.1) is 5.92 Å². The maximum atomic E-state index is 12.4. The molecule has 2 amide bonds. The molecule has 1 aliphatic rings. The fourth-order valence-electron chi connectivity index (χ4n) is 3.95. The van der Waals surface area contributed by atoms with Crippen LogP contribution in [0.5, 0.6) is 5.75 Å². The largest absolute Gasteiger partial charge is 0.481 e. The van der Waals surface area contributed by atoms with Crippen molar-refractivity contribution in [1.82, 2.24) is 9.88 Å². The Morgan fingerprint density at radius 2 is 2.00 bits per heavy atom. The van der Waals surface area contributed by atoms with E-state index in [9.17, 15) is 9.59 Å². The first-order valence-electron chi connectivity index (χ1n) is 10.6. The molecule has 0 radical (unpaired) electrons. The SMILES string of the molecule is NC(=O)C1CCCN(Cc2ccc(NC(=O)COc3ccc(Cl)c4cccnc34)cc2)C1. The highest BCUT2D eigenvalue weighted by atomic mass is 35.5. The lowest BCUT2D eigenvalue weighted by atomic mass is 9.97. The third kappa shape index (κ3) is 5.36. The average molecular weight is 453 g/mol. The molecular formula is C24H25ClN4O3. The van der Waals surface area contributed by atoms with E-state index in [1.54, 1.807) is 24.4 Å². The van der Waals surface area contributed by atoms with Crippen LogP contribution in [0.15, 0.2) is 54.7 Å². The Bertz CT molecular complexity index is 1120. The van der Waals surface area contributed by atoms with E-state index in [4.69, 9.17) is 22.1 Å². The molecule has 1 unspecified atom stereocenters. The number of anilines is 1. The fraction of sp³-hybridized carbons (Fsp3) is 0.292. The summed E-state index contributed by atoms with van der Waals surface area (Å²) < 4.78 is 5.68. The van der Waals surface area contributed by atoms with E-state index in [0.29, 0.717) is 28.5 Å². The number of amides is 2. The summed E-state index contributed by atoms with van der Waals surface area (Å²) in [6, 6.07) is 14.8. The van der Waals surface area contributed by atoms with Gasteiger partial charge in [0, 0.05) is 30.4 Å². The third-order valence-electron chi connectivity index (χ3n) is 5.59. The monoisotopic (exact) mass is 452 g/mol. The van der Waals surface area contributed by atoms with Crippen molar-refractivity contribution >= 4 is 40.0 Å². The van der Waals surface area contributed by atoms with E-state index in [-0.39, 0.29) is 24.3 Å². The number of hydrogen-bond donors (Lipinski definition) is 2. The average Bonchev–Trinajstić information content (AvgIpc) is 2.80. The van der Waals surface area contributed by atoms with E-state index in [2.05, 4.69) is 15.2 Å². The number of piperidine rings is 1. The van der Waals surface area contributed by atoms with Gasteiger partial charge in [-0.3, -0.25) is 19.5 Å². The normalized spacial score (nSPS) is 16.6. The van der Waals surface area contributed by atoms with Crippen LogP contribution in [-0.4, -0.2) is 41.4 Å². The Morgan fingerprint density at radius 1 is 1.19 bits per heavy atom. The van der Waals surface area contributed by atoms with Crippen molar-refractivity contribution in [3.05, 3.63) is 65.3 Å². The summed E-state index contributed by atoms with van der Waals surface area (Å²) in [5.74, 6) is -0.0592. The lowest BCUT2D eigenvalue weighted by Crippen LogP contribution is -2.40. The van der Waals surface area contributed by atoms with Gasteiger partial charge in [-0.25, -0.2) is 0 Å². The van der Waals surface area contributed by atoms with Crippen molar-refractivity contribution in [2.45, 2.75) is 19.4 Å². The molecule has 32 heavy (non-hydrogen) atoms. The number of halogens is 1.